The van der Waals surface area contributed by atoms with E-state index in [-0.39, 0.29) is 5.82 Å². The summed E-state index contributed by atoms with van der Waals surface area (Å²) >= 11 is 0.866. The summed E-state index contributed by atoms with van der Waals surface area (Å²) in [4.78, 5) is 38.1. The molecule has 2 aliphatic heterocycles. The molecular formula is C30H26FN5O2S. The molecule has 1 N–H and O–H groups in total. The zero-order chi connectivity index (χ0) is 26.9. The normalized spacial score (nSPS) is 17.3. The molecule has 196 valence electrons. The summed E-state index contributed by atoms with van der Waals surface area (Å²) in [7, 11) is 0. The number of imide groups is 1. The summed E-state index contributed by atoms with van der Waals surface area (Å²) in [5.74, 6) is -0.166. The topological polar surface area (TPSA) is 78.4 Å². The molecular weight excluding hydrogens is 513 g/mol. The van der Waals surface area contributed by atoms with E-state index in [1.54, 1.807) is 12.1 Å². The van der Waals surface area contributed by atoms with Crippen molar-refractivity contribution in [3.63, 3.8) is 0 Å². The van der Waals surface area contributed by atoms with Crippen LogP contribution in [0.25, 0.3) is 39.6 Å². The molecule has 0 bridgehead atoms. The zero-order valence-corrected chi connectivity index (χ0v) is 22.2. The second-order valence-corrected chi connectivity index (χ2v) is 10.5. The largest absolute Gasteiger partial charge is 0.367 e. The van der Waals surface area contributed by atoms with Gasteiger partial charge in [-0.05, 0) is 54.2 Å². The van der Waals surface area contributed by atoms with Crippen LogP contribution in [-0.4, -0.2) is 58.7 Å². The average molecular weight is 540 g/mol. The minimum absolute atomic E-state index is 0.290. The molecule has 2 amide bonds. The second kappa shape index (κ2) is 10.6. The number of rotatable bonds is 5. The third-order valence-electron chi connectivity index (χ3n) is 7.07. The minimum Gasteiger partial charge on any atom is -0.367 e. The molecule has 39 heavy (non-hydrogen) atoms. The van der Waals surface area contributed by atoms with Gasteiger partial charge in [0.1, 0.15) is 5.82 Å². The van der Waals surface area contributed by atoms with Crippen molar-refractivity contribution in [3.8, 4) is 22.6 Å². The number of amides is 2. The molecule has 6 rings (SSSR count). The maximum atomic E-state index is 15.6. The number of carbonyl (C=O) groups excluding carboxylic acids is 2. The lowest BCUT2D eigenvalue weighted by Gasteiger charge is -2.35. The first-order valence-electron chi connectivity index (χ1n) is 12.9. The molecule has 7 nitrogen and oxygen atoms in total. The van der Waals surface area contributed by atoms with Crippen molar-refractivity contribution < 1.29 is 14.0 Å². The molecule has 4 aromatic rings. The molecule has 2 fully saturated rings. The van der Waals surface area contributed by atoms with Gasteiger partial charge in [-0.3, -0.25) is 14.9 Å². The van der Waals surface area contributed by atoms with Gasteiger partial charge >= 0.3 is 0 Å². The molecule has 0 saturated carbocycles. The Bertz CT molecular complexity index is 1620. The van der Waals surface area contributed by atoms with Crippen molar-refractivity contribution in [3.05, 3.63) is 83.0 Å². The van der Waals surface area contributed by atoms with E-state index < -0.39 is 11.1 Å². The van der Waals surface area contributed by atoms with Gasteiger partial charge in [0.25, 0.3) is 11.1 Å². The fourth-order valence-electron chi connectivity index (χ4n) is 4.96. The summed E-state index contributed by atoms with van der Waals surface area (Å²) in [6.45, 7) is 6.53. The summed E-state index contributed by atoms with van der Waals surface area (Å²) in [5, 5.41) is 2.61. The highest BCUT2D eigenvalue weighted by molar-refractivity contribution is 8.18. The lowest BCUT2D eigenvalue weighted by atomic mass is 10.0. The predicted octanol–water partition coefficient (Wildman–Crippen LogP) is 5.57. The Morgan fingerprint density at radius 2 is 1.74 bits per heavy atom. The molecule has 2 aliphatic rings. The van der Waals surface area contributed by atoms with Gasteiger partial charge in [0.15, 0.2) is 5.82 Å². The number of hydrogen-bond donors (Lipinski definition) is 1. The van der Waals surface area contributed by atoms with Gasteiger partial charge < -0.3 is 9.80 Å². The van der Waals surface area contributed by atoms with Crippen molar-refractivity contribution in [1.29, 1.82) is 0 Å². The molecule has 0 radical (unpaired) electrons. The van der Waals surface area contributed by atoms with Crippen LogP contribution in [-0.2, 0) is 4.79 Å². The van der Waals surface area contributed by atoms with Crippen molar-refractivity contribution in [1.82, 2.24) is 20.2 Å². The van der Waals surface area contributed by atoms with Crippen LogP contribution in [0.15, 0.2) is 71.6 Å². The lowest BCUT2D eigenvalue weighted by molar-refractivity contribution is -0.115. The second-order valence-electron chi connectivity index (χ2n) is 9.48. The van der Waals surface area contributed by atoms with Gasteiger partial charge in [0.2, 0.25) is 0 Å². The Balaban J connectivity index is 1.44. The van der Waals surface area contributed by atoms with E-state index in [9.17, 15) is 9.59 Å². The number of anilines is 1. The fraction of sp³-hybridized carbons (Fsp3) is 0.200. The number of hydrogen-bond acceptors (Lipinski definition) is 7. The van der Waals surface area contributed by atoms with Crippen molar-refractivity contribution >= 4 is 45.6 Å². The predicted molar refractivity (Wildman–Crippen MR) is 154 cm³/mol. The van der Waals surface area contributed by atoms with Gasteiger partial charge in [-0.25, -0.2) is 14.4 Å². The third kappa shape index (κ3) is 5.15. The number of nitrogens with zero attached hydrogens (tertiary/aromatic N) is 4. The Hall–Kier alpha value is -4.08. The highest BCUT2D eigenvalue weighted by atomic mass is 32.2. The Kier molecular flexibility index (Phi) is 6.85. The summed E-state index contributed by atoms with van der Waals surface area (Å²) in [6.07, 6.45) is 1.67. The molecule has 3 aromatic carbocycles. The fourth-order valence-corrected chi connectivity index (χ4v) is 5.64. The number of fused-ring (bicyclic) bond motifs is 1. The summed E-state index contributed by atoms with van der Waals surface area (Å²) < 4.78 is 15.6. The molecule has 0 spiro atoms. The smallest absolute Gasteiger partial charge is 0.290 e. The number of piperazine rings is 1. The van der Waals surface area contributed by atoms with E-state index in [4.69, 9.17) is 9.97 Å². The highest BCUT2D eigenvalue weighted by Crippen LogP contribution is 2.34. The number of likely N-dealkylation sites (N-methyl/N-ethyl adjacent to an activating group) is 1. The van der Waals surface area contributed by atoms with Crippen LogP contribution in [0.3, 0.4) is 0 Å². The van der Waals surface area contributed by atoms with E-state index in [1.165, 1.54) is 0 Å². The van der Waals surface area contributed by atoms with Gasteiger partial charge in [0.05, 0.1) is 21.8 Å². The number of carbonyl (C=O) groups is 2. The summed E-state index contributed by atoms with van der Waals surface area (Å²) in [5.41, 5.74) is 4.10. The van der Waals surface area contributed by atoms with Gasteiger partial charge in [-0.1, -0.05) is 49.4 Å². The maximum Gasteiger partial charge on any atom is 0.290 e. The first-order chi connectivity index (χ1) is 19.0. The minimum atomic E-state index is -0.418. The monoisotopic (exact) mass is 539 g/mol. The first kappa shape index (κ1) is 25.2. The molecule has 0 aliphatic carbocycles. The van der Waals surface area contributed by atoms with E-state index in [2.05, 4.69) is 22.0 Å². The molecule has 1 aromatic heterocycles. The molecule has 2 saturated heterocycles. The standard InChI is InChI=1S/C30H26FN5O2S/c1-2-35-12-14-36(15-13-35)25-11-9-21(18-23(25)31)27-22-16-19(17-26-29(37)34-30(38)39-26)8-10-24(22)32-28(33-27)20-6-4-3-5-7-20/h3-11,16-18H,2,12-15H2,1H3,(H,34,37,38). The van der Waals surface area contributed by atoms with Crippen LogP contribution in [0.2, 0.25) is 0 Å². The Labute approximate surface area is 229 Å². The van der Waals surface area contributed by atoms with Gasteiger partial charge in [-0.15, -0.1) is 0 Å². The molecule has 3 heterocycles. The number of benzene rings is 3. The third-order valence-corrected chi connectivity index (χ3v) is 7.88. The van der Waals surface area contributed by atoms with Crippen LogP contribution < -0.4 is 10.2 Å². The van der Waals surface area contributed by atoms with Crippen LogP contribution >= 0.6 is 11.8 Å². The van der Waals surface area contributed by atoms with Crippen LogP contribution in [0.4, 0.5) is 14.9 Å². The Morgan fingerprint density at radius 1 is 0.949 bits per heavy atom. The SMILES string of the molecule is CCN1CCN(c2ccc(-c3nc(-c4ccccc4)nc4ccc(C=C5SC(=O)NC5=O)cc34)cc2F)CC1. The zero-order valence-electron chi connectivity index (χ0n) is 21.4. The number of nitrogens with one attached hydrogen (secondary N) is 1. The molecule has 9 heteroatoms. The average Bonchev–Trinajstić information content (AvgIpc) is 3.28. The lowest BCUT2D eigenvalue weighted by Crippen LogP contribution is -2.46. The van der Waals surface area contributed by atoms with E-state index in [0.29, 0.717) is 33.2 Å². The highest BCUT2D eigenvalue weighted by Gasteiger charge is 2.25. The van der Waals surface area contributed by atoms with Gasteiger partial charge in [-0.2, -0.15) is 0 Å². The van der Waals surface area contributed by atoms with E-state index in [1.807, 2.05) is 60.7 Å². The first-order valence-corrected chi connectivity index (χ1v) is 13.7. The Morgan fingerprint density at radius 3 is 2.44 bits per heavy atom. The van der Waals surface area contributed by atoms with Crippen molar-refractivity contribution in [2.45, 2.75) is 6.92 Å². The molecule has 0 unspecified atom stereocenters. The van der Waals surface area contributed by atoms with Crippen LogP contribution in [0, 0.1) is 5.82 Å². The van der Waals surface area contributed by atoms with Crippen LogP contribution in [0.5, 0.6) is 0 Å². The van der Waals surface area contributed by atoms with Gasteiger partial charge in [0, 0.05) is 42.7 Å². The number of thioether (sulfide) groups is 1. The van der Waals surface area contributed by atoms with Crippen molar-refractivity contribution in [2.75, 3.05) is 37.6 Å². The van der Waals surface area contributed by atoms with Crippen molar-refractivity contribution in [2.24, 2.45) is 0 Å². The van der Waals surface area contributed by atoms with E-state index in [0.717, 1.165) is 61.0 Å². The summed E-state index contributed by atoms with van der Waals surface area (Å²) in [6, 6.07) is 20.5. The van der Waals surface area contributed by atoms with Crippen LogP contribution in [0.1, 0.15) is 12.5 Å². The maximum absolute atomic E-state index is 15.6. The number of aromatic nitrogens is 2. The number of halogens is 1. The molecule has 0 atom stereocenters. The quantitative estimate of drug-likeness (QED) is 0.332. The van der Waals surface area contributed by atoms with E-state index >= 15 is 4.39 Å².